The number of rotatable bonds is 4. The Bertz CT molecular complexity index is 836. The molecule has 0 spiro atoms. The lowest BCUT2D eigenvalue weighted by Gasteiger charge is -2.17. The maximum Gasteiger partial charge on any atom is 0.416 e. The maximum absolute atomic E-state index is 13.1. The van der Waals surface area contributed by atoms with Crippen molar-refractivity contribution in [1.29, 1.82) is 0 Å². The van der Waals surface area contributed by atoms with Crippen LogP contribution in [0.5, 0.6) is 5.75 Å². The first-order valence-corrected chi connectivity index (χ1v) is 7.79. The van der Waals surface area contributed by atoms with Gasteiger partial charge in [0.25, 0.3) is 0 Å². The van der Waals surface area contributed by atoms with Gasteiger partial charge in [-0.25, -0.2) is 0 Å². The van der Waals surface area contributed by atoms with Gasteiger partial charge in [0, 0.05) is 5.56 Å². The van der Waals surface area contributed by atoms with Gasteiger partial charge in [-0.3, -0.25) is 4.79 Å². The van der Waals surface area contributed by atoms with Crippen LogP contribution >= 0.6 is 0 Å². The highest BCUT2D eigenvalue weighted by atomic mass is 19.4. The molecule has 3 rings (SSSR count). The van der Waals surface area contributed by atoms with Crippen LogP contribution in [0.1, 0.15) is 29.5 Å². The third-order valence-electron chi connectivity index (χ3n) is 4.75. The van der Waals surface area contributed by atoms with Gasteiger partial charge in [-0.2, -0.15) is 13.2 Å². The molecule has 25 heavy (non-hydrogen) atoms. The number of benzene rings is 2. The molecule has 0 unspecified atom stereocenters. The van der Waals surface area contributed by atoms with E-state index in [-0.39, 0.29) is 5.56 Å². The zero-order valence-corrected chi connectivity index (χ0v) is 13.8. The number of halogens is 3. The number of carboxylic acid groups (broad SMARTS) is 1. The number of hydrogen-bond donors (Lipinski definition) is 1. The summed E-state index contributed by atoms with van der Waals surface area (Å²) < 4.78 is 44.7. The molecule has 0 atom stereocenters. The van der Waals surface area contributed by atoms with E-state index in [2.05, 4.69) is 0 Å². The van der Waals surface area contributed by atoms with Crippen molar-refractivity contribution in [2.24, 2.45) is 0 Å². The van der Waals surface area contributed by atoms with Gasteiger partial charge < -0.3 is 9.84 Å². The van der Waals surface area contributed by atoms with Crippen LogP contribution in [0.15, 0.2) is 36.4 Å². The molecule has 6 heteroatoms. The molecule has 1 aliphatic rings. The zero-order chi connectivity index (χ0) is 18.4. The summed E-state index contributed by atoms with van der Waals surface area (Å²) in [4.78, 5) is 11.6. The fourth-order valence-electron chi connectivity index (χ4n) is 3.09. The minimum absolute atomic E-state index is 0.147. The molecule has 1 saturated carbocycles. The van der Waals surface area contributed by atoms with E-state index in [9.17, 15) is 23.1 Å². The first kappa shape index (κ1) is 17.3. The van der Waals surface area contributed by atoms with E-state index in [0.29, 0.717) is 35.3 Å². The molecule has 0 radical (unpaired) electrons. The molecular weight excluding hydrogens is 333 g/mol. The Balaban J connectivity index is 2.12. The van der Waals surface area contributed by atoms with Crippen molar-refractivity contribution in [3.05, 3.63) is 53.1 Å². The van der Waals surface area contributed by atoms with Crippen LogP contribution in [0.2, 0.25) is 0 Å². The molecular formula is C19H17F3O3. The summed E-state index contributed by atoms with van der Waals surface area (Å²) in [6.07, 6.45) is -3.46. The first-order chi connectivity index (χ1) is 11.7. The van der Waals surface area contributed by atoms with Gasteiger partial charge in [-0.15, -0.1) is 0 Å². The number of carbonyl (C=O) groups is 1. The smallest absolute Gasteiger partial charge is 0.416 e. The van der Waals surface area contributed by atoms with Crippen molar-refractivity contribution in [3.63, 3.8) is 0 Å². The number of ether oxygens (including phenoxy) is 1. The van der Waals surface area contributed by atoms with E-state index in [1.807, 2.05) is 0 Å². The van der Waals surface area contributed by atoms with Crippen LogP contribution in [0.4, 0.5) is 13.2 Å². The van der Waals surface area contributed by atoms with Crippen LogP contribution in [0.3, 0.4) is 0 Å². The number of alkyl halides is 3. The average molecular weight is 350 g/mol. The second-order valence-electron chi connectivity index (χ2n) is 6.33. The van der Waals surface area contributed by atoms with Crippen LogP contribution in [0.25, 0.3) is 11.1 Å². The van der Waals surface area contributed by atoms with Crippen molar-refractivity contribution in [3.8, 4) is 16.9 Å². The molecule has 1 aliphatic carbocycles. The number of carboxylic acids is 1. The summed E-state index contributed by atoms with van der Waals surface area (Å²) in [6, 6.07) is 9.01. The Morgan fingerprint density at radius 2 is 1.72 bits per heavy atom. The SMILES string of the molecule is COc1ccc(-c2ccc(C)c(C(F)(F)F)c2)cc1C1(C(=O)O)CC1. The average Bonchev–Trinajstić information content (AvgIpc) is 3.35. The third kappa shape index (κ3) is 2.97. The van der Waals surface area contributed by atoms with Gasteiger partial charge >= 0.3 is 12.1 Å². The first-order valence-electron chi connectivity index (χ1n) is 7.79. The highest BCUT2D eigenvalue weighted by molar-refractivity contribution is 5.87. The second kappa shape index (κ2) is 5.79. The Morgan fingerprint density at radius 3 is 2.24 bits per heavy atom. The van der Waals surface area contributed by atoms with Gasteiger partial charge in [0.2, 0.25) is 0 Å². The predicted octanol–water partition coefficient (Wildman–Crippen LogP) is 4.81. The molecule has 0 amide bonds. The van der Waals surface area contributed by atoms with Crippen LogP contribution in [-0.4, -0.2) is 18.2 Å². The van der Waals surface area contributed by atoms with Crippen molar-refractivity contribution < 1.29 is 27.8 Å². The van der Waals surface area contributed by atoms with Gasteiger partial charge in [-0.1, -0.05) is 18.2 Å². The molecule has 3 nitrogen and oxygen atoms in total. The molecule has 1 fully saturated rings. The normalized spacial score (nSPS) is 15.7. The molecule has 2 aromatic rings. The molecule has 1 N–H and O–H groups in total. The summed E-state index contributed by atoms with van der Waals surface area (Å²) in [7, 11) is 1.45. The molecule has 0 bridgehead atoms. The number of methoxy groups -OCH3 is 1. The lowest BCUT2D eigenvalue weighted by molar-refractivity contribution is -0.140. The van der Waals surface area contributed by atoms with E-state index < -0.39 is 23.1 Å². The molecule has 0 aliphatic heterocycles. The van der Waals surface area contributed by atoms with Crippen molar-refractivity contribution in [2.75, 3.05) is 7.11 Å². The molecule has 0 saturated heterocycles. The number of hydrogen-bond acceptors (Lipinski definition) is 2. The quantitative estimate of drug-likeness (QED) is 0.861. The number of aryl methyl sites for hydroxylation is 1. The minimum Gasteiger partial charge on any atom is -0.496 e. The topological polar surface area (TPSA) is 46.5 Å². The molecule has 132 valence electrons. The van der Waals surface area contributed by atoms with E-state index in [4.69, 9.17) is 4.74 Å². The second-order valence-corrected chi connectivity index (χ2v) is 6.33. The Hall–Kier alpha value is -2.50. The number of aliphatic carboxylic acids is 1. The van der Waals surface area contributed by atoms with E-state index in [1.165, 1.54) is 20.1 Å². The summed E-state index contributed by atoms with van der Waals surface area (Å²) in [6.45, 7) is 1.41. The van der Waals surface area contributed by atoms with Crippen LogP contribution < -0.4 is 4.74 Å². The highest BCUT2D eigenvalue weighted by Crippen LogP contribution is 2.52. The lowest BCUT2D eigenvalue weighted by atomic mass is 9.91. The maximum atomic E-state index is 13.1. The van der Waals surface area contributed by atoms with Gasteiger partial charge in [0.05, 0.1) is 18.1 Å². The van der Waals surface area contributed by atoms with Gasteiger partial charge in [-0.05, 0) is 54.7 Å². The third-order valence-corrected chi connectivity index (χ3v) is 4.75. The lowest BCUT2D eigenvalue weighted by Crippen LogP contribution is -2.20. The van der Waals surface area contributed by atoms with Crippen LogP contribution in [0, 0.1) is 6.92 Å². The van der Waals surface area contributed by atoms with Gasteiger partial charge in [0.1, 0.15) is 5.75 Å². The minimum atomic E-state index is -4.44. The molecule has 0 heterocycles. The summed E-state index contributed by atoms with van der Waals surface area (Å²) in [5, 5.41) is 9.52. The largest absolute Gasteiger partial charge is 0.496 e. The van der Waals surface area contributed by atoms with E-state index in [0.717, 1.165) is 6.07 Å². The standard InChI is InChI=1S/C19H17F3O3/c1-11-3-4-12(9-14(11)19(20,21)22)13-5-6-16(25-2)15(10-13)18(7-8-18)17(23)24/h3-6,9-10H,7-8H2,1-2H3,(H,23,24). The molecule has 0 aromatic heterocycles. The summed E-state index contributed by atoms with van der Waals surface area (Å²) in [5.74, 6) is -0.505. The zero-order valence-electron chi connectivity index (χ0n) is 13.8. The van der Waals surface area contributed by atoms with Gasteiger partial charge in [0.15, 0.2) is 0 Å². The van der Waals surface area contributed by atoms with Crippen LogP contribution in [-0.2, 0) is 16.4 Å². The van der Waals surface area contributed by atoms with E-state index >= 15 is 0 Å². The highest BCUT2D eigenvalue weighted by Gasteiger charge is 2.53. The fourth-order valence-corrected chi connectivity index (χ4v) is 3.09. The molecule has 2 aromatic carbocycles. The fraction of sp³-hybridized carbons (Fsp3) is 0.316. The Morgan fingerprint density at radius 1 is 1.12 bits per heavy atom. The van der Waals surface area contributed by atoms with E-state index in [1.54, 1.807) is 24.3 Å². The summed E-state index contributed by atoms with van der Waals surface area (Å²) >= 11 is 0. The summed E-state index contributed by atoms with van der Waals surface area (Å²) in [5.41, 5.74) is -0.110. The Labute approximate surface area is 143 Å². The Kier molecular flexibility index (Phi) is 4.01. The van der Waals surface area contributed by atoms with Crippen molar-refractivity contribution in [1.82, 2.24) is 0 Å². The van der Waals surface area contributed by atoms with Crippen molar-refractivity contribution in [2.45, 2.75) is 31.4 Å². The monoisotopic (exact) mass is 350 g/mol. The predicted molar refractivity (Wildman–Crippen MR) is 86.7 cm³/mol. The van der Waals surface area contributed by atoms with Crippen molar-refractivity contribution >= 4 is 5.97 Å².